The zero-order valence-electron chi connectivity index (χ0n) is 11.0. The molecule has 3 nitrogen and oxygen atoms in total. The number of halogens is 2. The van der Waals surface area contributed by atoms with Crippen molar-refractivity contribution in [1.82, 2.24) is 5.32 Å². The molecule has 19 heavy (non-hydrogen) atoms. The Morgan fingerprint density at radius 2 is 2.16 bits per heavy atom. The van der Waals surface area contributed by atoms with Crippen LogP contribution in [0.5, 0.6) is 0 Å². The number of carbonyl (C=O) groups excluding carboxylic acids is 1. The molecule has 0 bridgehead atoms. The summed E-state index contributed by atoms with van der Waals surface area (Å²) in [5, 5.41) is 11.5. The topological polar surface area (TPSA) is 49.3 Å². The van der Waals surface area contributed by atoms with Gasteiger partial charge in [-0.2, -0.15) is 0 Å². The Labute approximate surface area is 111 Å². The van der Waals surface area contributed by atoms with Crippen LogP contribution in [-0.4, -0.2) is 24.2 Å². The zero-order valence-corrected chi connectivity index (χ0v) is 11.0. The lowest BCUT2D eigenvalue weighted by Gasteiger charge is -2.14. The molecule has 5 heteroatoms. The van der Waals surface area contributed by atoms with Gasteiger partial charge in [-0.25, -0.2) is 8.78 Å². The molecule has 1 aromatic carbocycles. The normalized spacial score (nSPS) is 12.2. The molecule has 0 fully saturated rings. The van der Waals surface area contributed by atoms with Gasteiger partial charge in [-0.1, -0.05) is 25.5 Å². The lowest BCUT2D eigenvalue weighted by atomic mass is 10.0. The quantitative estimate of drug-likeness (QED) is 0.797. The number of hydrogen-bond donors (Lipinski definition) is 2. The molecule has 1 unspecified atom stereocenters. The van der Waals surface area contributed by atoms with Crippen molar-refractivity contribution in [3.05, 3.63) is 35.4 Å². The summed E-state index contributed by atoms with van der Waals surface area (Å²) in [6, 6.07) is 3.79. The maximum atomic E-state index is 13.4. The van der Waals surface area contributed by atoms with Gasteiger partial charge in [0.25, 0.3) is 0 Å². The minimum absolute atomic E-state index is 0.0488. The minimum Gasteiger partial charge on any atom is -0.396 e. The summed E-state index contributed by atoms with van der Waals surface area (Å²) >= 11 is 0. The molecule has 0 aliphatic rings. The maximum absolute atomic E-state index is 13.4. The van der Waals surface area contributed by atoms with Crippen LogP contribution in [0.2, 0.25) is 0 Å². The predicted octanol–water partition coefficient (Wildman–Crippen LogP) is 2.03. The van der Waals surface area contributed by atoms with Crippen molar-refractivity contribution in [3.63, 3.8) is 0 Å². The number of benzene rings is 1. The standard InChI is InChI=1S/C14H19F2NO2/c1-2-10(6-7-18)9-17-13(19)8-11-4-3-5-12(15)14(11)16/h3-5,10,18H,2,6-9H2,1H3,(H,17,19). The van der Waals surface area contributed by atoms with Crippen LogP contribution in [0.1, 0.15) is 25.3 Å². The summed E-state index contributed by atoms with van der Waals surface area (Å²) in [6.45, 7) is 2.48. The van der Waals surface area contributed by atoms with Gasteiger partial charge >= 0.3 is 0 Å². The molecular formula is C14H19F2NO2. The largest absolute Gasteiger partial charge is 0.396 e. The highest BCUT2D eigenvalue weighted by Gasteiger charge is 2.13. The van der Waals surface area contributed by atoms with Crippen LogP contribution in [0.25, 0.3) is 0 Å². The smallest absolute Gasteiger partial charge is 0.224 e. The second kappa shape index (κ2) is 7.84. The van der Waals surface area contributed by atoms with Crippen LogP contribution >= 0.6 is 0 Å². The van der Waals surface area contributed by atoms with Gasteiger partial charge in [0.2, 0.25) is 5.91 Å². The Bertz CT molecular complexity index is 424. The van der Waals surface area contributed by atoms with E-state index in [1.54, 1.807) is 0 Å². The Balaban J connectivity index is 2.49. The van der Waals surface area contributed by atoms with Crippen LogP contribution in [0.3, 0.4) is 0 Å². The molecule has 0 aromatic heterocycles. The molecule has 0 heterocycles. The first-order valence-electron chi connectivity index (χ1n) is 6.38. The van der Waals surface area contributed by atoms with Crippen molar-refractivity contribution in [3.8, 4) is 0 Å². The Kier molecular flexibility index (Phi) is 6.42. The van der Waals surface area contributed by atoms with Crippen molar-refractivity contribution in [1.29, 1.82) is 0 Å². The van der Waals surface area contributed by atoms with E-state index in [4.69, 9.17) is 5.11 Å². The second-order valence-corrected chi connectivity index (χ2v) is 4.48. The van der Waals surface area contributed by atoms with Gasteiger partial charge in [-0.05, 0) is 18.4 Å². The summed E-state index contributed by atoms with van der Waals surface area (Å²) in [7, 11) is 0. The molecule has 0 saturated carbocycles. The van der Waals surface area contributed by atoms with Crippen molar-refractivity contribution in [2.24, 2.45) is 5.92 Å². The molecule has 2 N–H and O–H groups in total. The third-order valence-corrected chi connectivity index (χ3v) is 3.09. The molecule has 106 valence electrons. The molecule has 0 saturated heterocycles. The molecule has 0 spiro atoms. The third kappa shape index (κ3) is 4.95. The van der Waals surface area contributed by atoms with E-state index in [1.165, 1.54) is 12.1 Å². The summed E-state index contributed by atoms with van der Waals surface area (Å²) < 4.78 is 26.3. The fraction of sp³-hybridized carbons (Fsp3) is 0.500. The average Bonchev–Trinajstić information content (AvgIpc) is 2.40. The van der Waals surface area contributed by atoms with Crippen LogP contribution in [0, 0.1) is 17.6 Å². The highest BCUT2D eigenvalue weighted by atomic mass is 19.2. The van der Waals surface area contributed by atoms with E-state index in [2.05, 4.69) is 5.32 Å². The molecule has 1 amide bonds. The Hall–Kier alpha value is -1.49. The Morgan fingerprint density at radius 3 is 2.79 bits per heavy atom. The average molecular weight is 271 g/mol. The maximum Gasteiger partial charge on any atom is 0.224 e. The van der Waals surface area contributed by atoms with Crippen LogP contribution < -0.4 is 5.32 Å². The molecule has 0 radical (unpaired) electrons. The van der Waals surface area contributed by atoms with Gasteiger partial charge in [0.15, 0.2) is 11.6 Å². The van der Waals surface area contributed by atoms with Crippen molar-refractivity contribution >= 4 is 5.91 Å². The van der Waals surface area contributed by atoms with E-state index >= 15 is 0 Å². The summed E-state index contributed by atoms with van der Waals surface area (Å²) in [6.07, 6.45) is 1.28. The van der Waals surface area contributed by atoms with Crippen molar-refractivity contribution in [2.75, 3.05) is 13.2 Å². The lowest BCUT2D eigenvalue weighted by molar-refractivity contribution is -0.120. The zero-order chi connectivity index (χ0) is 14.3. The summed E-state index contributed by atoms with van der Waals surface area (Å²) in [5.41, 5.74) is 0.0488. The van der Waals surface area contributed by atoms with Crippen LogP contribution in [0.15, 0.2) is 18.2 Å². The highest BCUT2D eigenvalue weighted by molar-refractivity contribution is 5.78. The van der Waals surface area contributed by atoms with E-state index < -0.39 is 11.6 Å². The van der Waals surface area contributed by atoms with Gasteiger partial charge in [0, 0.05) is 18.7 Å². The first-order chi connectivity index (χ1) is 9.08. The summed E-state index contributed by atoms with van der Waals surface area (Å²) in [4.78, 5) is 11.6. The first kappa shape index (κ1) is 15.6. The number of nitrogens with one attached hydrogen (secondary N) is 1. The predicted molar refractivity (Wildman–Crippen MR) is 68.6 cm³/mol. The Morgan fingerprint density at radius 1 is 1.42 bits per heavy atom. The first-order valence-corrected chi connectivity index (χ1v) is 6.38. The molecule has 1 rings (SSSR count). The van der Waals surface area contributed by atoms with E-state index in [1.807, 2.05) is 6.92 Å². The number of rotatable bonds is 7. The van der Waals surface area contributed by atoms with Gasteiger partial charge in [0.1, 0.15) is 0 Å². The highest BCUT2D eigenvalue weighted by Crippen LogP contribution is 2.12. The third-order valence-electron chi connectivity index (χ3n) is 3.09. The minimum atomic E-state index is -0.972. The second-order valence-electron chi connectivity index (χ2n) is 4.48. The summed E-state index contributed by atoms with van der Waals surface area (Å²) in [5.74, 6) is -2.07. The monoisotopic (exact) mass is 271 g/mol. The van der Waals surface area contributed by atoms with E-state index in [0.29, 0.717) is 13.0 Å². The van der Waals surface area contributed by atoms with E-state index in [9.17, 15) is 13.6 Å². The lowest BCUT2D eigenvalue weighted by Crippen LogP contribution is -2.31. The fourth-order valence-electron chi connectivity index (χ4n) is 1.81. The number of hydrogen-bond acceptors (Lipinski definition) is 2. The molecule has 0 aliphatic heterocycles. The van der Waals surface area contributed by atoms with Crippen LogP contribution in [0.4, 0.5) is 8.78 Å². The SMILES string of the molecule is CCC(CCO)CNC(=O)Cc1cccc(F)c1F. The van der Waals surface area contributed by atoms with Crippen LogP contribution in [-0.2, 0) is 11.2 Å². The molecule has 1 aromatic rings. The molecule has 1 atom stereocenters. The number of aliphatic hydroxyl groups is 1. The van der Waals surface area contributed by atoms with Gasteiger partial charge < -0.3 is 10.4 Å². The van der Waals surface area contributed by atoms with E-state index in [-0.39, 0.29) is 30.4 Å². The van der Waals surface area contributed by atoms with E-state index in [0.717, 1.165) is 12.5 Å². The fourth-order valence-corrected chi connectivity index (χ4v) is 1.81. The van der Waals surface area contributed by atoms with Gasteiger partial charge in [0.05, 0.1) is 6.42 Å². The molecule has 0 aliphatic carbocycles. The van der Waals surface area contributed by atoms with Crippen molar-refractivity contribution < 1.29 is 18.7 Å². The van der Waals surface area contributed by atoms with Gasteiger partial charge in [-0.15, -0.1) is 0 Å². The number of amides is 1. The van der Waals surface area contributed by atoms with Gasteiger partial charge in [-0.3, -0.25) is 4.79 Å². The number of carbonyl (C=O) groups is 1. The molecular weight excluding hydrogens is 252 g/mol. The number of aliphatic hydroxyl groups excluding tert-OH is 1. The van der Waals surface area contributed by atoms with Crippen molar-refractivity contribution in [2.45, 2.75) is 26.2 Å².